The zero-order valence-corrected chi connectivity index (χ0v) is 7.63. The summed E-state index contributed by atoms with van der Waals surface area (Å²) in [6, 6.07) is 0. The summed E-state index contributed by atoms with van der Waals surface area (Å²) in [5, 5.41) is 9.07. The first kappa shape index (κ1) is 9.08. The van der Waals surface area contributed by atoms with Gasteiger partial charge in [0.15, 0.2) is 0 Å². The van der Waals surface area contributed by atoms with Gasteiger partial charge in [0.2, 0.25) is 0 Å². The van der Waals surface area contributed by atoms with Gasteiger partial charge in [-0.1, -0.05) is 20.8 Å². The minimum absolute atomic E-state index is 0.282. The molecule has 2 nitrogen and oxygen atoms in total. The van der Waals surface area contributed by atoms with Crippen LogP contribution in [0.15, 0.2) is 0 Å². The van der Waals surface area contributed by atoms with Gasteiger partial charge >= 0.3 is 7.12 Å². The van der Waals surface area contributed by atoms with Gasteiger partial charge in [0.25, 0.3) is 0 Å². The van der Waals surface area contributed by atoms with Crippen LogP contribution < -0.4 is 0 Å². The summed E-state index contributed by atoms with van der Waals surface area (Å²) in [5.41, 5.74) is 0.314. The lowest BCUT2D eigenvalue weighted by molar-refractivity contribution is 0.146. The molecule has 1 rings (SSSR count). The van der Waals surface area contributed by atoms with Crippen molar-refractivity contribution in [3.63, 3.8) is 0 Å². The Morgan fingerprint density at radius 2 is 2.18 bits per heavy atom. The molecule has 0 aromatic rings. The Kier molecular flexibility index (Phi) is 2.60. The van der Waals surface area contributed by atoms with E-state index in [1.54, 1.807) is 0 Å². The van der Waals surface area contributed by atoms with Crippen molar-refractivity contribution in [2.24, 2.45) is 5.41 Å². The van der Waals surface area contributed by atoms with Crippen LogP contribution in [0.4, 0.5) is 0 Å². The van der Waals surface area contributed by atoms with E-state index in [9.17, 15) is 0 Å². The molecule has 1 fully saturated rings. The SMILES string of the molecule is CC(C)(C)CC1CCB(O)O1. The van der Waals surface area contributed by atoms with E-state index in [4.69, 9.17) is 9.68 Å². The zero-order chi connectivity index (χ0) is 8.48. The monoisotopic (exact) mass is 156 g/mol. The van der Waals surface area contributed by atoms with Gasteiger partial charge < -0.3 is 9.68 Å². The molecule has 0 bridgehead atoms. The highest BCUT2D eigenvalue weighted by Crippen LogP contribution is 2.28. The van der Waals surface area contributed by atoms with Crippen molar-refractivity contribution in [1.82, 2.24) is 0 Å². The Bertz CT molecular complexity index is 131. The molecule has 0 radical (unpaired) electrons. The molecule has 0 aromatic heterocycles. The molecule has 1 saturated heterocycles. The molecule has 0 spiro atoms. The molecule has 1 atom stereocenters. The van der Waals surface area contributed by atoms with Crippen LogP contribution in [0.25, 0.3) is 0 Å². The van der Waals surface area contributed by atoms with Crippen molar-refractivity contribution in [2.75, 3.05) is 0 Å². The van der Waals surface area contributed by atoms with Crippen LogP contribution >= 0.6 is 0 Å². The fourth-order valence-electron chi connectivity index (χ4n) is 1.52. The fraction of sp³-hybridized carbons (Fsp3) is 1.00. The lowest BCUT2D eigenvalue weighted by Crippen LogP contribution is -2.20. The maximum atomic E-state index is 9.07. The van der Waals surface area contributed by atoms with Crippen LogP contribution in [0.5, 0.6) is 0 Å². The van der Waals surface area contributed by atoms with E-state index < -0.39 is 7.12 Å². The molecule has 3 heteroatoms. The van der Waals surface area contributed by atoms with Crippen LogP contribution in [-0.4, -0.2) is 18.2 Å². The highest BCUT2D eigenvalue weighted by molar-refractivity contribution is 6.43. The van der Waals surface area contributed by atoms with Crippen LogP contribution in [0.2, 0.25) is 6.32 Å². The summed E-state index contributed by atoms with van der Waals surface area (Å²) in [6.45, 7) is 6.59. The molecule has 64 valence electrons. The van der Waals surface area contributed by atoms with Crippen molar-refractivity contribution in [3.8, 4) is 0 Å². The van der Waals surface area contributed by atoms with Crippen molar-refractivity contribution in [2.45, 2.75) is 46.0 Å². The summed E-state index contributed by atoms with van der Waals surface area (Å²) in [6.07, 6.45) is 3.15. The second-order valence-electron chi connectivity index (χ2n) is 4.55. The van der Waals surface area contributed by atoms with E-state index in [1.165, 1.54) is 0 Å². The van der Waals surface area contributed by atoms with Crippen LogP contribution in [-0.2, 0) is 4.65 Å². The maximum absolute atomic E-state index is 9.07. The third-order valence-electron chi connectivity index (χ3n) is 1.93. The molecule has 0 amide bonds. The molecule has 1 unspecified atom stereocenters. The summed E-state index contributed by atoms with van der Waals surface area (Å²) in [7, 11) is -0.498. The van der Waals surface area contributed by atoms with Crippen LogP contribution in [0.1, 0.15) is 33.6 Å². The van der Waals surface area contributed by atoms with Crippen LogP contribution in [0.3, 0.4) is 0 Å². The molecule has 0 saturated carbocycles. The van der Waals surface area contributed by atoms with Crippen molar-refractivity contribution in [1.29, 1.82) is 0 Å². The lowest BCUT2D eigenvalue weighted by atomic mass is 9.85. The van der Waals surface area contributed by atoms with Gasteiger partial charge in [-0.2, -0.15) is 0 Å². The molecule has 0 aliphatic carbocycles. The average molecular weight is 156 g/mol. The topological polar surface area (TPSA) is 29.5 Å². The molecule has 1 N–H and O–H groups in total. The Labute approximate surface area is 69.1 Å². The van der Waals surface area contributed by atoms with E-state index in [-0.39, 0.29) is 6.10 Å². The van der Waals surface area contributed by atoms with Crippen LogP contribution in [0, 0.1) is 5.41 Å². The molecular formula is C8H17BO2. The first-order valence-electron chi connectivity index (χ1n) is 4.31. The second-order valence-corrected chi connectivity index (χ2v) is 4.55. The zero-order valence-electron chi connectivity index (χ0n) is 7.63. The first-order chi connectivity index (χ1) is 4.97. The maximum Gasteiger partial charge on any atom is 0.454 e. The second kappa shape index (κ2) is 3.15. The Hall–Kier alpha value is -0.0151. The van der Waals surface area contributed by atoms with Gasteiger partial charge in [-0.3, -0.25) is 0 Å². The molecule has 1 aliphatic rings. The van der Waals surface area contributed by atoms with E-state index in [2.05, 4.69) is 20.8 Å². The summed E-state index contributed by atoms with van der Waals surface area (Å²) < 4.78 is 5.29. The largest absolute Gasteiger partial charge is 0.454 e. The number of hydrogen-bond acceptors (Lipinski definition) is 2. The normalized spacial score (nSPS) is 26.2. The fourth-order valence-corrected chi connectivity index (χ4v) is 1.52. The minimum atomic E-state index is -0.498. The molecule has 11 heavy (non-hydrogen) atoms. The smallest absolute Gasteiger partial charge is 0.427 e. The van der Waals surface area contributed by atoms with Gasteiger partial charge in [0.05, 0.1) is 0 Å². The minimum Gasteiger partial charge on any atom is -0.427 e. The van der Waals surface area contributed by atoms with Crippen molar-refractivity contribution in [3.05, 3.63) is 0 Å². The third kappa shape index (κ3) is 3.26. The highest BCUT2D eigenvalue weighted by atomic mass is 16.5. The van der Waals surface area contributed by atoms with E-state index >= 15 is 0 Å². The number of hydrogen-bond donors (Lipinski definition) is 1. The number of rotatable bonds is 1. The van der Waals surface area contributed by atoms with Gasteiger partial charge in [-0.25, -0.2) is 0 Å². The van der Waals surface area contributed by atoms with E-state index in [0.29, 0.717) is 5.41 Å². The average Bonchev–Trinajstić information content (AvgIpc) is 2.10. The standard InChI is InChI=1S/C8H17BO2/c1-8(2,3)6-7-4-5-9(10)11-7/h7,10H,4-6H2,1-3H3. The predicted molar refractivity (Wildman–Crippen MR) is 46.3 cm³/mol. The predicted octanol–water partition coefficient (Wildman–Crippen LogP) is 1.69. The summed E-state index contributed by atoms with van der Waals surface area (Å²) >= 11 is 0. The summed E-state index contributed by atoms with van der Waals surface area (Å²) in [4.78, 5) is 0. The van der Waals surface area contributed by atoms with Gasteiger partial charge in [0.1, 0.15) is 0 Å². The highest BCUT2D eigenvalue weighted by Gasteiger charge is 2.30. The molecular weight excluding hydrogens is 139 g/mol. The Morgan fingerprint density at radius 3 is 2.55 bits per heavy atom. The lowest BCUT2D eigenvalue weighted by Gasteiger charge is -2.22. The third-order valence-corrected chi connectivity index (χ3v) is 1.93. The van der Waals surface area contributed by atoms with E-state index in [0.717, 1.165) is 19.2 Å². The molecule has 0 aromatic carbocycles. The first-order valence-corrected chi connectivity index (χ1v) is 4.31. The quantitative estimate of drug-likeness (QED) is 0.585. The Balaban J connectivity index is 2.29. The Morgan fingerprint density at radius 1 is 1.55 bits per heavy atom. The van der Waals surface area contributed by atoms with E-state index in [1.807, 2.05) is 0 Å². The van der Waals surface area contributed by atoms with Crippen molar-refractivity contribution >= 4 is 7.12 Å². The van der Waals surface area contributed by atoms with Gasteiger partial charge in [-0.15, -0.1) is 0 Å². The van der Waals surface area contributed by atoms with Crippen molar-refractivity contribution < 1.29 is 9.68 Å². The summed E-state index contributed by atoms with van der Waals surface area (Å²) in [5.74, 6) is 0. The molecule has 1 aliphatic heterocycles. The molecule has 1 heterocycles. The van der Waals surface area contributed by atoms with Gasteiger partial charge in [0, 0.05) is 6.10 Å². The van der Waals surface area contributed by atoms with Gasteiger partial charge in [-0.05, 0) is 24.6 Å².